The first kappa shape index (κ1) is 43.9. The monoisotopic (exact) mass is 874 g/mol. The first-order valence-corrected chi connectivity index (χ1v) is 22.6. The van der Waals surface area contributed by atoms with Crippen molar-refractivity contribution >= 4 is 69.3 Å². The van der Waals surface area contributed by atoms with Gasteiger partial charge in [-0.05, 0) is 116 Å². The number of halogens is 1. The molecule has 320 valence electrons. The van der Waals surface area contributed by atoms with Crippen LogP contribution in [0.2, 0.25) is 4.34 Å². The average molecular weight is 876 g/mol. The summed E-state index contributed by atoms with van der Waals surface area (Å²) >= 11 is 8.56. The number of hydrogen-bond acceptors (Lipinski definition) is 10. The maximum absolute atomic E-state index is 13.3. The van der Waals surface area contributed by atoms with Crippen LogP contribution in [0.5, 0.6) is 0 Å². The highest BCUT2D eigenvalue weighted by atomic mass is 35.5. The molecule has 8 rings (SSSR count). The predicted octanol–water partition coefficient (Wildman–Crippen LogP) is 6.70. The van der Waals surface area contributed by atoms with Gasteiger partial charge < -0.3 is 40.5 Å². The van der Waals surface area contributed by atoms with E-state index in [1.807, 2.05) is 25.1 Å². The van der Waals surface area contributed by atoms with Crippen LogP contribution in [0.15, 0.2) is 60.7 Å². The van der Waals surface area contributed by atoms with Crippen LogP contribution >= 0.6 is 34.3 Å². The van der Waals surface area contributed by atoms with Crippen molar-refractivity contribution in [2.75, 3.05) is 77.3 Å². The molecule has 0 unspecified atom stereocenters. The molecule has 4 aromatic rings. The van der Waals surface area contributed by atoms with Crippen LogP contribution in [0.4, 0.5) is 11.4 Å². The van der Waals surface area contributed by atoms with Crippen molar-refractivity contribution in [2.45, 2.75) is 69.4 Å². The number of rotatable bonds is 8. The fourth-order valence-electron chi connectivity index (χ4n) is 8.55. The molecule has 2 saturated heterocycles. The molecule has 4 atom stereocenters. The zero-order valence-electron chi connectivity index (χ0n) is 35.0. The van der Waals surface area contributed by atoms with Gasteiger partial charge in [0.2, 0.25) is 0 Å². The van der Waals surface area contributed by atoms with Gasteiger partial charge in [-0.3, -0.25) is 19.2 Å². The Hall–Kier alpha value is -4.15. The van der Waals surface area contributed by atoms with Gasteiger partial charge in [-0.25, -0.2) is 0 Å². The van der Waals surface area contributed by atoms with E-state index in [1.165, 1.54) is 44.9 Å². The van der Waals surface area contributed by atoms with Gasteiger partial charge in [0.1, 0.15) is 11.1 Å². The number of fused-ring (bicyclic) bond motifs is 2. The molecule has 0 spiro atoms. The number of carbonyl (C=O) groups excluding carboxylic acids is 4. The molecule has 0 aliphatic carbocycles. The molecule has 60 heavy (non-hydrogen) atoms. The maximum atomic E-state index is 13.3. The molecule has 6 heterocycles. The Bertz CT molecular complexity index is 2060. The van der Waals surface area contributed by atoms with E-state index in [4.69, 9.17) is 21.1 Å². The van der Waals surface area contributed by atoms with Crippen LogP contribution in [0.25, 0.3) is 0 Å². The quantitative estimate of drug-likeness (QED) is 0.154. The fourth-order valence-corrected chi connectivity index (χ4v) is 10.3. The Morgan fingerprint density at radius 3 is 1.55 bits per heavy atom. The number of likely N-dealkylation sites (N-methyl/N-ethyl adjacent to an activating group) is 2. The van der Waals surface area contributed by atoms with Crippen molar-refractivity contribution in [2.24, 2.45) is 0 Å². The summed E-state index contributed by atoms with van der Waals surface area (Å²) in [5.41, 5.74) is 4.59. The van der Waals surface area contributed by atoms with Gasteiger partial charge in [-0.15, -0.1) is 22.7 Å². The lowest BCUT2D eigenvalue weighted by molar-refractivity contribution is -0.122. The van der Waals surface area contributed by atoms with Gasteiger partial charge >= 0.3 is 0 Å². The Labute approximate surface area is 365 Å². The Morgan fingerprint density at radius 2 is 1.15 bits per heavy atom. The highest BCUT2D eigenvalue weighted by Gasteiger charge is 2.45. The van der Waals surface area contributed by atoms with E-state index in [9.17, 15) is 19.2 Å². The van der Waals surface area contributed by atoms with Crippen LogP contribution < -0.4 is 21.3 Å². The molecule has 4 aliphatic heterocycles. The Balaban J connectivity index is 0.000000181. The lowest BCUT2D eigenvalue weighted by atomic mass is 9.94. The summed E-state index contributed by atoms with van der Waals surface area (Å²) in [6, 6.07) is 19.3. The van der Waals surface area contributed by atoms with Crippen LogP contribution in [-0.4, -0.2) is 111 Å². The second kappa shape index (κ2) is 18.9. The lowest BCUT2D eigenvalue weighted by Gasteiger charge is -2.27. The number of nitrogens with zero attached hydrogens (tertiary/aromatic N) is 2. The van der Waals surface area contributed by atoms with Crippen molar-refractivity contribution < 1.29 is 28.7 Å². The van der Waals surface area contributed by atoms with Gasteiger partial charge in [-0.2, -0.15) is 0 Å². The zero-order valence-corrected chi connectivity index (χ0v) is 37.3. The van der Waals surface area contributed by atoms with Crippen molar-refractivity contribution in [1.29, 1.82) is 0 Å². The second-order valence-corrected chi connectivity index (χ2v) is 19.8. The largest absolute Gasteiger partial charge is 0.378 e. The first-order valence-electron chi connectivity index (χ1n) is 20.6. The minimum Gasteiger partial charge on any atom is -0.378 e. The van der Waals surface area contributed by atoms with Gasteiger partial charge in [0.05, 0.1) is 27.3 Å². The minimum atomic E-state index is -1.09. The molecule has 0 bridgehead atoms. The number of aryl methyl sites for hydroxylation is 1. The van der Waals surface area contributed by atoms with Crippen molar-refractivity contribution in [3.8, 4) is 0 Å². The topological polar surface area (TPSA) is 141 Å². The predicted molar refractivity (Wildman–Crippen MR) is 239 cm³/mol. The lowest BCUT2D eigenvalue weighted by Crippen LogP contribution is -2.57. The third-order valence-electron chi connectivity index (χ3n) is 11.9. The van der Waals surface area contributed by atoms with Gasteiger partial charge in [-0.1, -0.05) is 37.6 Å². The molecular weight excluding hydrogens is 820 g/mol. The number of anilines is 2. The summed E-state index contributed by atoms with van der Waals surface area (Å²) in [5.74, 6) is -0.113. The summed E-state index contributed by atoms with van der Waals surface area (Å²) in [6.07, 6.45) is 2.80. The standard InChI is InChI=1S/C23H29N3O3S.C22H26ClN3O3S/c1-15-13-26(3)10-8-17-12-18(5-6-19(15)17)24-22(28)23(9-11-29-14-23)25-21(27)20-7-4-16(2)30-20;1-14-12-26(2)9-7-15-11-16(3-4-17(14)15)24-21(28)22(8-10-29-13-22)25-20(27)18-5-6-19(23)30-18/h4-7,12,15H,8-11,13-14H2,1-3H3,(H,24,28)(H,25,27);3-6,11,14H,7-10,12-13H2,1-2H3,(H,24,28)(H,25,27)/t15-,23-;14-,22+/m01/s1. The van der Waals surface area contributed by atoms with Crippen LogP contribution in [0.3, 0.4) is 0 Å². The highest BCUT2D eigenvalue weighted by Crippen LogP contribution is 2.31. The molecule has 4 amide bonds. The summed E-state index contributed by atoms with van der Waals surface area (Å²) < 4.78 is 11.5. The maximum Gasteiger partial charge on any atom is 0.262 e. The molecule has 12 nitrogen and oxygen atoms in total. The van der Waals surface area contributed by atoms with E-state index in [2.05, 4.69) is 83.3 Å². The molecular formula is C45H55ClN6O6S2. The number of benzene rings is 2. The minimum absolute atomic E-state index is 0.149. The van der Waals surface area contributed by atoms with Crippen molar-refractivity contribution in [3.05, 3.63) is 102 Å². The van der Waals surface area contributed by atoms with Gasteiger partial charge in [0.15, 0.2) is 0 Å². The first-order chi connectivity index (χ1) is 28.7. The number of hydrogen-bond donors (Lipinski definition) is 4. The van der Waals surface area contributed by atoms with Crippen LogP contribution in [0.1, 0.15) is 85.0 Å². The number of carbonyl (C=O) groups is 4. The number of thiophene rings is 2. The van der Waals surface area contributed by atoms with E-state index in [0.29, 0.717) is 52.0 Å². The van der Waals surface area contributed by atoms with E-state index in [-0.39, 0.29) is 36.8 Å². The van der Waals surface area contributed by atoms with Gasteiger partial charge in [0, 0.05) is 68.5 Å². The summed E-state index contributed by atoms with van der Waals surface area (Å²) in [6.45, 7) is 11.7. The summed E-state index contributed by atoms with van der Waals surface area (Å²) in [7, 11) is 4.28. The van der Waals surface area contributed by atoms with E-state index >= 15 is 0 Å². The third-order valence-corrected chi connectivity index (χ3v) is 14.2. The molecule has 2 fully saturated rings. The Kier molecular flexibility index (Phi) is 13.8. The van der Waals surface area contributed by atoms with E-state index in [0.717, 1.165) is 55.3 Å². The van der Waals surface area contributed by atoms with Gasteiger partial charge in [0.25, 0.3) is 23.6 Å². The number of ether oxygens (including phenoxy) is 2. The third kappa shape index (κ3) is 10.1. The molecule has 4 aliphatic rings. The van der Waals surface area contributed by atoms with E-state index < -0.39 is 11.1 Å². The van der Waals surface area contributed by atoms with Crippen molar-refractivity contribution in [3.63, 3.8) is 0 Å². The Morgan fingerprint density at radius 1 is 0.683 bits per heavy atom. The van der Waals surface area contributed by atoms with E-state index in [1.54, 1.807) is 18.2 Å². The SMILES string of the molecule is C[C@@H]1CN(C)CCc2cc(NC(=O)[C@]3(NC(=O)c4ccc(Cl)s4)CCOC3)ccc21.Cc1ccc(C(=O)N[C@@]2(C(=O)Nc3ccc4c(c3)CCN(C)C[C@@H]4C)CCOC2)s1. The fraction of sp³-hybridized carbons (Fsp3) is 0.467. The number of amides is 4. The van der Waals surface area contributed by atoms with Crippen LogP contribution in [0, 0.1) is 6.92 Å². The average Bonchev–Trinajstić information content (AvgIpc) is 4.04. The smallest absolute Gasteiger partial charge is 0.262 e. The number of nitrogens with one attached hydrogen (secondary N) is 4. The summed E-state index contributed by atoms with van der Waals surface area (Å²) in [4.78, 5) is 58.7. The second-order valence-electron chi connectivity index (χ2n) is 16.8. The molecule has 4 N–H and O–H groups in total. The normalized spacial score (nSPS) is 24.2. The zero-order chi connectivity index (χ0) is 42.6. The van der Waals surface area contributed by atoms with Crippen LogP contribution in [-0.2, 0) is 31.9 Å². The highest BCUT2D eigenvalue weighted by molar-refractivity contribution is 7.18. The molecule has 0 radical (unpaired) electrons. The molecule has 0 saturated carbocycles. The molecule has 2 aromatic carbocycles. The molecule has 15 heteroatoms. The van der Waals surface area contributed by atoms with Crippen molar-refractivity contribution in [1.82, 2.24) is 20.4 Å². The summed E-state index contributed by atoms with van der Waals surface area (Å²) in [5, 5.41) is 11.9. The molecule has 2 aromatic heterocycles.